The molecule has 1 saturated heterocycles. The molecule has 0 aromatic carbocycles. The van der Waals surface area contributed by atoms with Crippen molar-refractivity contribution in [1.29, 1.82) is 0 Å². The van der Waals surface area contributed by atoms with Gasteiger partial charge < -0.3 is 15.1 Å². The lowest BCUT2D eigenvalue weighted by atomic mass is 10.1. The van der Waals surface area contributed by atoms with Crippen LogP contribution in [0, 0.1) is 0 Å². The lowest BCUT2D eigenvalue weighted by molar-refractivity contribution is 0.277. The second kappa shape index (κ2) is 12.5. The number of hydrogen-bond donors (Lipinski definition) is 1. The first-order chi connectivity index (χ1) is 10.1. The zero-order valence-corrected chi connectivity index (χ0v) is 14.8. The van der Waals surface area contributed by atoms with Gasteiger partial charge in [-0.05, 0) is 46.0 Å². The molecule has 0 radical (unpaired) electrons. The number of piperidine rings is 1. The molecule has 21 heavy (non-hydrogen) atoms. The first-order valence-corrected chi connectivity index (χ1v) is 8.19. The van der Waals surface area contributed by atoms with Gasteiger partial charge in [-0.3, -0.25) is 0 Å². The lowest BCUT2D eigenvalue weighted by Crippen LogP contribution is -2.24. The molecule has 1 aliphatic rings. The molecule has 1 N–H and O–H groups in total. The van der Waals surface area contributed by atoms with Crippen LogP contribution in [0.25, 0.3) is 0 Å². The van der Waals surface area contributed by atoms with Crippen molar-refractivity contribution in [3.63, 3.8) is 0 Å². The average Bonchev–Trinajstić information content (AvgIpc) is 2.51. The quantitative estimate of drug-likeness (QED) is 0.921. The summed E-state index contributed by atoms with van der Waals surface area (Å²) < 4.78 is 0. The number of nitrogens with zero attached hydrogens (tertiary/aromatic N) is 3. The van der Waals surface area contributed by atoms with E-state index in [1.807, 2.05) is 46.3 Å². The number of aromatic nitrogens is 1. The van der Waals surface area contributed by atoms with E-state index >= 15 is 0 Å². The normalized spacial score (nSPS) is 14.2. The third kappa shape index (κ3) is 9.29. The molecule has 1 fully saturated rings. The highest BCUT2D eigenvalue weighted by atomic mass is 15.1. The van der Waals surface area contributed by atoms with Crippen molar-refractivity contribution in [2.75, 3.05) is 51.0 Å². The highest BCUT2D eigenvalue weighted by Gasteiger charge is 2.02. The van der Waals surface area contributed by atoms with E-state index in [1.165, 1.54) is 38.0 Å². The van der Waals surface area contributed by atoms with Crippen molar-refractivity contribution in [1.82, 2.24) is 9.88 Å². The Morgan fingerprint density at radius 3 is 2.24 bits per heavy atom. The van der Waals surface area contributed by atoms with Crippen molar-refractivity contribution >= 4 is 11.5 Å². The Morgan fingerprint density at radius 1 is 1.19 bits per heavy atom. The number of rotatable bonds is 3. The fraction of sp³-hybridized carbons (Fsp3) is 0.706. The molecule has 1 aromatic rings. The molecule has 0 amide bonds. The molecule has 0 atom stereocenters. The summed E-state index contributed by atoms with van der Waals surface area (Å²) in [6.45, 7) is 9.61. The Labute approximate surface area is 131 Å². The van der Waals surface area contributed by atoms with E-state index in [0.717, 1.165) is 12.4 Å². The van der Waals surface area contributed by atoms with Crippen LogP contribution in [0.1, 0.15) is 40.0 Å². The molecule has 2 heterocycles. The Bertz CT molecular complexity index is 346. The lowest BCUT2D eigenvalue weighted by Gasteiger charge is -2.20. The molecule has 0 spiro atoms. The van der Waals surface area contributed by atoms with Gasteiger partial charge in [0.1, 0.15) is 5.82 Å². The summed E-state index contributed by atoms with van der Waals surface area (Å²) in [7, 11) is 6.23. The zero-order valence-electron chi connectivity index (χ0n) is 14.8. The van der Waals surface area contributed by atoms with Gasteiger partial charge in [0.05, 0.1) is 0 Å². The van der Waals surface area contributed by atoms with Gasteiger partial charge in [-0.15, -0.1) is 0 Å². The number of nitrogens with one attached hydrogen (secondary N) is 1. The fourth-order valence-corrected chi connectivity index (χ4v) is 2.03. The molecule has 122 valence electrons. The van der Waals surface area contributed by atoms with Gasteiger partial charge in [0, 0.05) is 38.6 Å². The van der Waals surface area contributed by atoms with Gasteiger partial charge in [-0.2, -0.15) is 0 Å². The van der Waals surface area contributed by atoms with Crippen molar-refractivity contribution < 1.29 is 0 Å². The van der Waals surface area contributed by atoms with Crippen LogP contribution < -0.4 is 10.2 Å². The molecule has 0 unspecified atom stereocenters. The van der Waals surface area contributed by atoms with E-state index in [-0.39, 0.29) is 0 Å². The SMILES string of the molecule is CC.CCNc1cc(N(C)C)ccn1.CN1CCCCC1. The molecule has 4 nitrogen and oxygen atoms in total. The van der Waals surface area contributed by atoms with E-state index < -0.39 is 0 Å². The van der Waals surface area contributed by atoms with E-state index in [9.17, 15) is 0 Å². The van der Waals surface area contributed by atoms with Crippen molar-refractivity contribution in [2.45, 2.75) is 40.0 Å². The van der Waals surface area contributed by atoms with Gasteiger partial charge in [0.15, 0.2) is 0 Å². The third-order valence-electron chi connectivity index (χ3n) is 3.20. The first-order valence-electron chi connectivity index (χ1n) is 8.19. The largest absolute Gasteiger partial charge is 0.378 e. The second-order valence-electron chi connectivity index (χ2n) is 5.19. The smallest absolute Gasteiger partial charge is 0.127 e. The molecule has 0 saturated carbocycles. The Morgan fingerprint density at radius 2 is 1.81 bits per heavy atom. The van der Waals surface area contributed by atoms with Crippen LogP contribution >= 0.6 is 0 Å². The fourth-order valence-electron chi connectivity index (χ4n) is 2.03. The molecular weight excluding hydrogens is 260 g/mol. The topological polar surface area (TPSA) is 31.4 Å². The minimum absolute atomic E-state index is 0.907. The number of hydrogen-bond acceptors (Lipinski definition) is 4. The maximum atomic E-state index is 4.17. The first kappa shape index (κ1) is 19.7. The van der Waals surface area contributed by atoms with Crippen molar-refractivity contribution in [3.05, 3.63) is 18.3 Å². The van der Waals surface area contributed by atoms with Gasteiger partial charge in [-0.25, -0.2) is 4.98 Å². The minimum atomic E-state index is 0.907. The van der Waals surface area contributed by atoms with E-state index in [1.54, 1.807) is 0 Å². The summed E-state index contributed by atoms with van der Waals surface area (Å²) in [4.78, 5) is 8.62. The molecule has 1 aliphatic heterocycles. The van der Waals surface area contributed by atoms with Crippen molar-refractivity contribution in [3.8, 4) is 0 Å². The predicted octanol–water partition coefficient (Wildman–Crippen LogP) is 3.71. The summed E-state index contributed by atoms with van der Waals surface area (Å²) in [5.74, 6) is 0.934. The molecule has 2 rings (SSSR count). The van der Waals surface area contributed by atoms with E-state index in [0.29, 0.717) is 0 Å². The number of anilines is 2. The highest BCUT2D eigenvalue weighted by molar-refractivity contribution is 5.52. The highest BCUT2D eigenvalue weighted by Crippen LogP contribution is 2.13. The van der Waals surface area contributed by atoms with Crippen LogP contribution in [0.3, 0.4) is 0 Å². The molecule has 0 aliphatic carbocycles. The summed E-state index contributed by atoms with van der Waals surface area (Å²) in [6.07, 6.45) is 6.09. The predicted molar refractivity (Wildman–Crippen MR) is 95.4 cm³/mol. The van der Waals surface area contributed by atoms with Crippen LogP contribution in [-0.2, 0) is 0 Å². The Hall–Kier alpha value is -1.29. The van der Waals surface area contributed by atoms with Crippen LogP contribution in [-0.4, -0.2) is 50.7 Å². The van der Waals surface area contributed by atoms with Gasteiger partial charge in [-0.1, -0.05) is 20.3 Å². The molecule has 1 aromatic heterocycles. The third-order valence-corrected chi connectivity index (χ3v) is 3.20. The second-order valence-corrected chi connectivity index (χ2v) is 5.19. The zero-order chi connectivity index (χ0) is 16.1. The van der Waals surface area contributed by atoms with Crippen LogP contribution in [0.15, 0.2) is 18.3 Å². The van der Waals surface area contributed by atoms with Gasteiger partial charge >= 0.3 is 0 Å². The summed E-state index contributed by atoms with van der Waals surface area (Å²) in [5, 5.41) is 3.16. The minimum Gasteiger partial charge on any atom is -0.378 e. The summed E-state index contributed by atoms with van der Waals surface area (Å²) >= 11 is 0. The maximum absolute atomic E-state index is 4.17. The van der Waals surface area contributed by atoms with Crippen LogP contribution in [0.5, 0.6) is 0 Å². The number of pyridine rings is 1. The van der Waals surface area contributed by atoms with E-state index in [2.05, 4.69) is 34.1 Å². The van der Waals surface area contributed by atoms with Crippen LogP contribution in [0.2, 0.25) is 0 Å². The summed E-state index contributed by atoms with van der Waals surface area (Å²) in [6, 6.07) is 4.02. The number of likely N-dealkylation sites (tertiary alicyclic amines) is 1. The maximum Gasteiger partial charge on any atom is 0.127 e. The van der Waals surface area contributed by atoms with E-state index in [4.69, 9.17) is 0 Å². The standard InChI is InChI=1S/C9H15N3.C6H13N.C2H6/c1-4-10-9-7-8(12(2)3)5-6-11-9;1-7-5-3-2-4-6-7;1-2/h5-7H,4H2,1-3H3,(H,10,11);2-6H2,1H3;1-2H3. The monoisotopic (exact) mass is 294 g/mol. The van der Waals surface area contributed by atoms with Gasteiger partial charge in [0.2, 0.25) is 0 Å². The average molecular weight is 294 g/mol. The molecule has 4 heteroatoms. The van der Waals surface area contributed by atoms with Gasteiger partial charge in [0.25, 0.3) is 0 Å². The molecule has 0 bridgehead atoms. The Balaban J connectivity index is 0.000000377. The molecular formula is C17H34N4. The Kier molecular flexibility index (Phi) is 11.7. The summed E-state index contributed by atoms with van der Waals surface area (Å²) in [5.41, 5.74) is 1.17. The van der Waals surface area contributed by atoms with Crippen LogP contribution in [0.4, 0.5) is 11.5 Å². The van der Waals surface area contributed by atoms with Crippen molar-refractivity contribution in [2.24, 2.45) is 0 Å².